The van der Waals surface area contributed by atoms with Crippen LogP contribution in [-0.2, 0) is 12.4 Å². The van der Waals surface area contributed by atoms with Crippen molar-refractivity contribution in [3.05, 3.63) is 40.9 Å². The molecule has 0 spiro atoms. The van der Waals surface area contributed by atoms with Crippen LogP contribution in [0.1, 0.15) is 11.3 Å². The maximum atomic E-state index is 12.3. The molecule has 2 rings (SSSR count). The van der Waals surface area contributed by atoms with Crippen molar-refractivity contribution in [3.8, 4) is 10.6 Å². The summed E-state index contributed by atoms with van der Waals surface area (Å²) in [4.78, 5) is 6.03. The number of benzene rings is 1. The highest BCUT2D eigenvalue weighted by atomic mass is 35.5. The van der Waals surface area contributed by atoms with Crippen LogP contribution in [0.2, 0.25) is 0 Å². The van der Waals surface area contributed by atoms with Crippen molar-refractivity contribution < 1.29 is 8.78 Å². The van der Waals surface area contributed by atoms with E-state index in [1.807, 2.05) is 29.6 Å². The molecule has 0 radical (unpaired) electrons. The summed E-state index contributed by atoms with van der Waals surface area (Å²) in [5.41, 5.74) is 2.84. The lowest BCUT2D eigenvalue weighted by Gasteiger charge is -2.16. The van der Waals surface area contributed by atoms with E-state index in [0.717, 1.165) is 21.8 Å². The molecule has 20 heavy (non-hydrogen) atoms. The SMILES string of the molecule is CN(Cc1cccc(-c2nc(CCl)cs2)c1)CC(F)F. The molecule has 0 aliphatic heterocycles. The average molecular weight is 317 g/mol. The lowest BCUT2D eigenvalue weighted by molar-refractivity contribution is 0.0976. The zero-order valence-electron chi connectivity index (χ0n) is 11.0. The summed E-state index contributed by atoms with van der Waals surface area (Å²) >= 11 is 7.28. The molecular formula is C14H15ClF2N2S. The van der Waals surface area contributed by atoms with Gasteiger partial charge in [0.15, 0.2) is 0 Å². The molecule has 2 aromatic rings. The van der Waals surface area contributed by atoms with Gasteiger partial charge >= 0.3 is 0 Å². The van der Waals surface area contributed by atoms with Crippen molar-refractivity contribution in [2.45, 2.75) is 18.9 Å². The number of nitrogens with zero attached hydrogens (tertiary/aromatic N) is 2. The standard InChI is InChI=1S/C14H15ClF2N2S/c1-19(8-13(16)17)7-10-3-2-4-11(5-10)14-18-12(6-15)9-20-14/h2-5,9,13H,6-8H2,1H3. The van der Waals surface area contributed by atoms with Crippen LogP contribution in [0, 0.1) is 0 Å². The van der Waals surface area contributed by atoms with Gasteiger partial charge in [0.25, 0.3) is 6.43 Å². The molecule has 1 aromatic heterocycles. The highest BCUT2D eigenvalue weighted by Crippen LogP contribution is 2.25. The Morgan fingerprint density at radius 2 is 2.20 bits per heavy atom. The van der Waals surface area contributed by atoms with Crippen LogP contribution in [0.5, 0.6) is 0 Å². The Balaban J connectivity index is 2.11. The van der Waals surface area contributed by atoms with Crippen molar-refractivity contribution >= 4 is 22.9 Å². The van der Waals surface area contributed by atoms with Gasteiger partial charge in [-0.05, 0) is 18.7 Å². The molecule has 0 aliphatic rings. The van der Waals surface area contributed by atoms with Crippen LogP contribution < -0.4 is 0 Å². The topological polar surface area (TPSA) is 16.1 Å². The summed E-state index contributed by atoms with van der Waals surface area (Å²) < 4.78 is 24.6. The maximum absolute atomic E-state index is 12.3. The van der Waals surface area contributed by atoms with Crippen molar-refractivity contribution in [1.29, 1.82) is 0 Å². The molecule has 0 fully saturated rings. The quantitative estimate of drug-likeness (QED) is 0.741. The molecule has 0 N–H and O–H groups in total. The van der Waals surface area contributed by atoms with Gasteiger partial charge in [-0.1, -0.05) is 18.2 Å². The van der Waals surface area contributed by atoms with E-state index in [9.17, 15) is 8.78 Å². The molecule has 1 heterocycles. The second-order valence-electron chi connectivity index (χ2n) is 4.57. The maximum Gasteiger partial charge on any atom is 0.251 e. The largest absolute Gasteiger partial charge is 0.297 e. The molecule has 0 bridgehead atoms. The predicted molar refractivity (Wildman–Crippen MR) is 79.4 cm³/mol. The summed E-state index contributed by atoms with van der Waals surface area (Å²) in [6, 6.07) is 7.80. The first-order valence-electron chi connectivity index (χ1n) is 6.15. The molecule has 0 amide bonds. The van der Waals surface area contributed by atoms with Crippen molar-refractivity contribution in [3.63, 3.8) is 0 Å². The van der Waals surface area contributed by atoms with Gasteiger partial charge < -0.3 is 0 Å². The van der Waals surface area contributed by atoms with E-state index >= 15 is 0 Å². The number of alkyl halides is 3. The van der Waals surface area contributed by atoms with E-state index in [1.165, 1.54) is 11.3 Å². The van der Waals surface area contributed by atoms with Crippen molar-refractivity contribution in [2.24, 2.45) is 0 Å². The van der Waals surface area contributed by atoms with Gasteiger partial charge in [-0.25, -0.2) is 13.8 Å². The van der Waals surface area contributed by atoms with Gasteiger partial charge in [-0.2, -0.15) is 0 Å². The number of thiazole rings is 1. The molecule has 1 aromatic carbocycles. The second kappa shape index (κ2) is 7.11. The number of aromatic nitrogens is 1. The van der Waals surface area contributed by atoms with Crippen LogP contribution in [0.4, 0.5) is 8.78 Å². The van der Waals surface area contributed by atoms with E-state index < -0.39 is 6.43 Å². The zero-order chi connectivity index (χ0) is 14.5. The highest BCUT2D eigenvalue weighted by Gasteiger charge is 2.09. The summed E-state index contributed by atoms with van der Waals surface area (Å²) in [6.45, 7) is 0.268. The van der Waals surface area contributed by atoms with E-state index in [-0.39, 0.29) is 6.54 Å². The summed E-state index contributed by atoms with van der Waals surface area (Å²) in [5.74, 6) is 0.396. The molecule has 0 saturated carbocycles. The van der Waals surface area contributed by atoms with E-state index in [1.54, 1.807) is 11.9 Å². The van der Waals surface area contributed by atoms with Gasteiger partial charge in [-0.15, -0.1) is 22.9 Å². The first-order chi connectivity index (χ1) is 9.58. The Morgan fingerprint density at radius 1 is 1.40 bits per heavy atom. The minimum Gasteiger partial charge on any atom is -0.297 e. The fourth-order valence-electron chi connectivity index (χ4n) is 1.92. The number of rotatable bonds is 6. The lowest BCUT2D eigenvalue weighted by Crippen LogP contribution is -2.24. The Hall–Kier alpha value is -1.04. The van der Waals surface area contributed by atoms with Crippen LogP contribution in [0.25, 0.3) is 10.6 Å². The number of hydrogen-bond acceptors (Lipinski definition) is 3. The Labute approximate surface area is 126 Å². The van der Waals surface area contributed by atoms with Gasteiger partial charge in [0.2, 0.25) is 0 Å². The smallest absolute Gasteiger partial charge is 0.251 e. The molecule has 108 valence electrons. The molecule has 0 atom stereocenters. The third-order valence-electron chi connectivity index (χ3n) is 2.76. The van der Waals surface area contributed by atoms with Gasteiger partial charge in [0.05, 0.1) is 18.1 Å². The molecule has 0 aliphatic carbocycles. The number of hydrogen-bond donors (Lipinski definition) is 0. The predicted octanol–water partition coefficient (Wildman–Crippen LogP) is 4.25. The molecule has 2 nitrogen and oxygen atoms in total. The van der Waals surface area contributed by atoms with Crippen molar-refractivity contribution in [1.82, 2.24) is 9.88 Å². The summed E-state index contributed by atoms with van der Waals surface area (Å²) in [5, 5.41) is 2.83. The minimum atomic E-state index is -2.31. The van der Waals surface area contributed by atoms with Gasteiger partial charge in [-0.3, -0.25) is 4.90 Å². The van der Waals surface area contributed by atoms with Crippen molar-refractivity contribution in [2.75, 3.05) is 13.6 Å². The molecular weight excluding hydrogens is 302 g/mol. The zero-order valence-corrected chi connectivity index (χ0v) is 12.6. The highest BCUT2D eigenvalue weighted by molar-refractivity contribution is 7.13. The van der Waals surface area contributed by atoms with E-state index in [2.05, 4.69) is 4.98 Å². The monoisotopic (exact) mass is 316 g/mol. The van der Waals surface area contributed by atoms with Crippen LogP contribution >= 0.6 is 22.9 Å². The second-order valence-corrected chi connectivity index (χ2v) is 5.69. The third-order valence-corrected chi connectivity index (χ3v) is 3.98. The summed E-state index contributed by atoms with van der Waals surface area (Å²) in [6.07, 6.45) is -2.31. The fourth-order valence-corrected chi connectivity index (χ4v) is 2.96. The molecule has 0 saturated heterocycles. The lowest BCUT2D eigenvalue weighted by atomic mass is 10.1. The normalized spacial score (nSPS) is 11.5. The number of halogens is 3. The molecule has 6 heteroatoms. The van der Waals surface area contributed by atoms with Crippen LogP contribution in [0.3, 0.4) is 0 Å². The fraction of sp³-hybridized carbons (Fsp3) is 0.357. The van der Waals surface area contributed by atoms with Crippen LogP contribution in [0.15, 0.2) is 29.6 Å². The Kier molecular flexibility index (Phi) is 5.46. The molecule has 0 unspecified atom stereocenters. The van der Waals surface area contributed by atoms with Crippen LogP contribution in [-0.4, -0.2) is 29.9 Å². The first-order valence-corrected chi connectivity index (χ1v) is 7.56. The van der Waals surface area contributed by atoms with E-state index in [0.29, 0.717) is 12.4 Å². The van der Waals surface area contributed by atoms with Gasteiger partial charge in [0, 0.05) is 17.5 Å². The Morgan fingerprint density at radius 3 is 2.85 bits per heavy atom. The minimum absolute atomic E-state index is 0.224. The third kappa shape index (κ3) is 4.23. The van der Waals surface area contributed by atoms with Gasteiger partial charge in [0.1, 0.15) is 5.01 Å². The Bertz CT molecular complexity index is 560. The van der Waals surface area contributed by atoms with E-state index in [4.69, 9.17) is 11.6 Å². The summed E-state index contributed by atoms with van der Waals surface area (Å²) in [7, 11) is 1.69. The first kappa shape index (κ1) is 15.4. The average Bonchev–Trinajstić information content (AvgIpc) is 2.86.